The second-order valence-electron chi connectivity index (χ2n) is 7.96. The number of hydrogen-bond acceptors (Lipinski definition) is 4. The fourth-order valence-corrected chi connectivity index (χ4v) is 3.05. The van der Waals surface area contributed by atoms with E-state index in [9.17, 15) is 0 Å². The van der Waals surface area contributed by atoms with Crippen LogP contribution in [0.2, 0.25) is 0 Å². The highest BCUT2D eigenvalue weighted by Crippen LogP contribution is 2.15. The van der Waals surface area contributed by atoms with Crippen LogP contribution in [-0.2, 0) is 16.0 Å². The minimum Gasteiger partial charge on any atom is -0.493 e. The molecule has 6 nitrogen and oxygen atoms in total. The molecule has 0 aliphatic carbocycles. The first-order chi connectivity index (χ1) is 14.2. The zero-order valence-electron chi connectivity index (χ0n) is 18.8. The number of benzene rings is 1. The maximum absolute atomic E-state index is 5.83. The molecule has 0 unspecified atom stereocenters. The Balaban J connectivity index is 0.00000450. The lowest BCUT2D eigenvalue weighted by molar-refractivity contribution is 0.0203. The number of guanidine groups is 1. The second-order valence-corrected chi connectivity index (χ2v) is 7.96. The van der Waals surface area contributed by atoms with E-state index in [1.54, 1.807) is 0 Å². The van der Waals surface area contributed by atoms with E-state index in [0.717, 1.165) is 82.7 Å². The van der Waals surface area contributed by atoms with Crippen molar-refractivity contribution in [1.82, 2.24) is 10.6 Å². The number of rotatable bonds is 12. The van der Waals surface area contributed by atoms with Crippen molar-refractivity contribution >= 4 is 29.9 Å². The van der Waals surface area contributed by atoms with E-state index in [1.807, 2.05) is 12.1 Å². The maximum Gasteiger partial charge on any atom is 0.191 e. The van der Waals surface area contributed by atoms with Gasteiger partial charge in [0.15, 0.2) is 5.96 Å². The topological polar surface area (TPSA) is 64.1 Å². The predicted octanol–water partition coefficient (Wildman–Crippen LogP) is 4.23. The standard InChI is InChI=1S/C23H39N3O3.HI/c1-4-24-23(25-11-6-12-28-18-20-9-13-27-14-10-20)26-16-21-7-5-8-22(15-21)29-17-19(2)3;/h5,7-8,15,19-20H,4,6,9-14,16-18H2,1-3H3,(H2,24,25,26);1H. The van der Waals surface area contributed by atoms with Crippen LogP contribution in [0.25, 0.3) is 0 Å². The van der Waals surface area contributed by atoms with E-state index in [-0.39, 0.29) is 24.0 Å². The highest BCUT2D eigenvalue weighted by Gasteiger charge is 2.13. The summed E-state index contributed by atoms with van der Waals surface area (Å²) in [6.07, 6.45) is 3.21. The molecule has 1 aliphatic heterocycles. The molecule has 0 aromatic heterocycles. The molecule has 0 radical (unpaired) electrons. The minimum atomic E-state index is 0. The number of nitrogens with one attached hydrogen (secondary N) is 2. The first-order valence-electron chi connectivity index (χ1n) is 11.1. The first-order valence-corrected chi connectivity index (χ1v) is 11.1. The van der Waals surface area contributed by atoms with Gasteiger partial charge in [0.05, 0.1) is 13.2 Å². The highest BCUT2D eigenvalue weighted by atomic mass is 127. The van der Waals surface area contributed by atoms with Crippen LogP contribution in [0.15, 0.2) is 29.3 Å². The van der Waals surface area contributed by atoms with E-state index >= 15 is 0 Å². The van der Waals surface area contributed by atoms with Gasteiger partial charge in [-0.05, 0) is 55.7 Å². The number of aliphatic imine (C=N–C) groups is 1. The van der Waals surface area contributed by atoms with Crippen LogP contribution in [0.1, 0.15) is 45.6 Å². The van der Waals surface area contributed by atoms with Gasteiger partial charge in [0.25, 0.3) is 0 Å². The highest BCUT2D eigenvalue weighted by molar-refractivity contribution is 14.0. The third kappa shape index (κ3) is 12.0. The van der Waals surface area contributed by atoms with Gasteiger partial charge in [0.1, 0.15) is 5.75 Å². The molecule has 1 saturated heterocycles. The van der Waals surface area contributed by atoms with Crippen molar-refractivity contribution in [1.29, 1.82) is 0 Å². The third-order valence-electron chi connectivity index (χ3n) is 4.70. The zero-order chi connectivity index (χ0) is 20.7. The number of ether oxygens (including phenoxy) is 3. The van der Waals surface area contributed by atoms with Crippen LogP contribution in [-0.4, -0.2) is 52.1 Å². The molecule has 0 bridgehead atoms. The number of hydrogen-bond donors (Lipinski definition) is 2. The Morgan fingerprint density at radius 3 is 2.77 bits per heavy atom. The van der Waals surface area contributed by atoms with Crippen molar-refractivity contribution < 1.29 is 14.2 Å². The minimum absolute atomic E-state index is 0. The van der Waals surface area contributed by atoms with Crippen molar-refractivity contribution in [3.63, 3.8) is 0 Å². The molecule has 1 aromatic carbocycles. The summed E-state index contributed by atoms with van der Waals surface area (Å²) in [7, 11) is 0. The molecular weight excluding hydrogens is 493 g/mol. The molecule has 1 heterocycles. The predicted molar refractivity (Wildman–Crippen MR) is 134 cm³/mol. The molecule has 1 aromatic rings. The Morgan fingerprint density at radius 2 is 2.03 bits per heavy atom. The van der Waals surface area contributed by atoms with E-state index in [0.29, 0.717) is 18.4 Å². The molecule has 30 heavy (non-hydrogen) atoms. The average Bonchev–Trinajstić information content (AvgIpc) is 2.74. The van der Waals surface area contributed by atoms with Crippen LogP contribution in [0, 0.1) is 11.8 Å². The zero-order valence-corrected chi connectivity index (χ0v) is 21.2. The fourth-order valence-electron chi connectivity index (χ4n) is 3.05. The first kappa shape index (κ1) is 27.0. The Morgan fingerprint density at radius 1 is 1.23 bits per heavy atom. The molecular formula is C23H40IN3O3. The van der Waals surface area contributed by atoms with Crippen molar-refractivity contribution in [2.45, 2.75) is 46.6 Å². The van der Waals surface area contributed by atoms with E-state index in [2.05, 4.69) is 43.5 Å². The maximum atomic E-state index is 5.83. The van der Waals surface area contributed by atoms with E-state index < -0.39 is 0 Å². The molecule has 0 atom stereocenters. The lowest BCUT2D eigenvalue weighted by Crippen LogP contribution is -2.38. The monoisotopic (exact) mass is 533 g/mol. The average molecular weight is 533 g/mol. The van der Waals surface area contributed by atoms with E-state index in [1.165, 1.54) is 0 Å². The lowest BCUT2D eigenvalue weighted by atomic mass is 10.0. The van der Waals surface area contributed by atoms with Crippen molar-refractivity contribution in [3.05, 3.63) is 29.8 Å². The van der Waals surface area contributed by atoms with Gasteiger partial charge in [-0.15, -0.1) is 24.0 Å². The van der Waals surface area contributed by atoms with Gasteiger partial charge in [0, 0.05) is 39.5 Å². The summed E-state index contributed by atoms with van der Waals surface area (Å²) in [6.45, 7) is 12.8. The van der Waals surface area contributed by atoms with Crippen molar-refractivity contribution in [2.24, 2.45) is 16.8 Å². The molecule has 2 rings (SSSR count). The molecule has 1 aliphatic rings. The van der Waals surface area contributed by atoms with Crippen LogP contribution in [0.4, 0.5) is 0 Å². The normalized spacial score (nSPS) is 15.0. The molecule has 0 spiro atoms. The molecule has 172 valence electrons. The summed E-state index contributed by atoms with van der Waals surface area (Å²) >= 11 is 0. The summed E-state index contributed by atoms with van der Waals surface area (Å²) in [5, 5.41) is 6.69. The molecule has 0 saturated carbocycles. The Bertz CT molecular complexity index is 593. The summed E-state index contributed by atoms with van der Waals surface area (Å²) in [4.78, 5) is 4.70. The summed E-state index contributed by atoms with van der Waals surface area (Å²) in [5.41, 5.74) is 1.14. The van der Waals surface area contributed by atoms with Gasteiger partial charge in [-0.25, -0.2) is 4.99 Å². The van der Waals surface area contributed by atoms with Crippen LogP contribution >= 0.6 is 24.0 Å². The quantitative estimate of drug-likeness (QED) is 0.182. The fraction of sp³-hybridized carbons (Fsp3) is 0.696. The summed E-state index contributed by atoms with van der Waals surface area (Å²) < 4.78 is 17.0. The van der Waals surface area contributed by atoms with Gasteiger partial charge in [-0.3, -0.25) is 0 Å². The molecule has 7 heteroatoms. The summed E-state index contributed by atoms with van der Waals surface area (Å²) in [6, 6.07) is 8.18. The lowest BCUT2D eigenvalue weighted by Gasteiger charge is -2.21. The third-order valence-corrected chi connectivity index (χ3v) is 4.70. The summed E-state index contributed by atoms with van der Waals surface area (Å²) in [5.74, 6) is 2.93. The smallest absolute Gasteiger partial charge is 0.191 e. The van der Waals surface area contributed by atoms with Gasteiger partial charge in [-0.1, -0.05) is 26.0 Å². The SMILES string of the molecule is CCNC(=NCc1cccc(OCC(C)C)c1)NCCCOCC1CCOCC1.I. The van der Waals surface area contributed by atoms with Crippen molar-refractivity contribution in [2.75, 3.05) is 46.1 Å². The Labute approximate surface area is 199 Å². The van der Waals surface area contributed by atoms with Crippen LogP contribution in [0.3, 0.4) is 0 Å². The molecule has 2 N–H and O–H groups in total. The van der Waals surface area contributed by atoms with Crippen LogP contribution in [0.5, 0.6) is 5.75 Å². The van der Waals surface area contributed by atoms with Crippen molar-refractivity contribution in [3.8, 4) is 5.75 Å². The second kappa shape index (κ2) is 16.6. The Kier molecular flexibility index (Phi) is 14.9. The van der Waals surface area contributed by atoms with Gasteiger partial charge in [-0.2, -0.15) is 0 Å². The molecule has 1 fully saturated rings. The molecule has 0 amide bonds. The number of halogens is 1. The van der Waals surface area contributed by atoms with Gasteiger partial charge >= 0.3 is 0 Å². The Hall–Kier alpha value is -1.06. The number of nitrogens with zero attached hydrogens (tertiary/aromatic N) is 1. The van der Waals surface area contributed by atoms with E-state index in [4.69, 9.17) is 19.2 Å². The van der Waals surface area contributed by atoms with Gasteiger partial charge < -0.3 is 24.8 Å². The van der Waals surface area contributed by atoms with Crippen LogP contribution < -0.4 is 15.4 Å². The largest absolute Gasteiger partial charge is 0.493 e. The van der Waals surface area contributed by atoms with Gasteiger partial charge in [0.2, 0.25) is 0 Å².